The Hall–Kier alpha value is -0.870. The highest BCUT2D eigenvalue weighted by atomic mass is 35.5. The molecule has 2 aliphatic rings. The second-order valence-electron chi connectivity index (χ2n) is 5.69. The van der Waals surface area contributed by atoms with Crippen LogP contribution in [-0.4, -0.2) is 40.5 Å². The van der Waals surface area contributed by atoms with Crippen LogP contribution in [0.4, 0.5) is 5.95 Å². The predicted molar refractivity (Wildman–Crippen MR) is 77.5 cm³/mol. The van der Waals surface area contributed by atoms with Gasteiger partial charge in [-0.25, -0.2) is 9.97 Å². The Morgan fingerprint density at radius 2 is 1.95 bits per heavy atom. The van der Waals surface area contributed by atoms with Crippen molar-refractivity contribution in [3.63, 3.8) is 0 Å². The van der Waals surface area contributed by atoms with Crippen LogP contribution in [0.3, 0.4) is 0 Å². The van der Waals surface area contributed by atoms with Crippen LogP contribution in [0.1, 0.15) is 32.1 Å². The lowest BCUT2D eigenvalue weighted by molar-refractivity contribution is 0.238. The molecule has 1 aromatic heterocycles. The summed E-state index contributed by atoms with van der Waals surface area (Å²) >= 11 is 5.77. The second-order valence-corrected chi connectivity index (χ2v) is 6.13. The third-order valence-corrected chi connectivity index (χ3v) is 4.52. The normalized spacial score (nSPS) is 25.0. The minimum absolute atomic E-state index is 0.582. The molecule has 1 aromatic rings. The van der Waals surface area contributed by atoms with Gasteiger partial charge in [-0.1, -0.05) is 24.4 Å². The number of aromatic nitrogens is 2. The van der Waals surface area contributed by atoms with Crippen LogP contribution in [0.15, 0.2) is 12.4 Å². The van der Waals surface area contributed by atoms with Gasteiger partial charge in [-0.05, 0) is 31.7 Å². The summed E-state index contributed by atoms with van der Waals surface area (Å²) in [6, 6.07) is 0.858. The van der Waals surface area contributed by atoms with Crippen LogP contribution in [0.25, 0.3) is 0 Å². The van der Waals surface area contributed by atoms with Gasteiger partial charge in [0.15, 0.2) is 0 Å². The van der Waals surface area contributed by atoms with E-state index >= 15 is 0 Å². The van der Waals surface area contributed by atoms with Gasteiger partial charge in [0, 0.05) is 19.1 Å². The van der Waals surface area contributed by atoms with E-state index in [1.807, 2.05) is 0 Å². The van der Waals surface area contributed by atoms with Gasteiger partial charge >= 0.3 is 0 Å². The summed E-state index contributed by atoms with van der Waals surface area (Å²) in [5, 5.41) is 3.90. The number of nitrogens with zero attached hydrogens (tertiary/aromatic N) is 3. The second kappa shape index (κ2) is 6.06. The third kappa shape index (κ3) is 3.37. The molecule has 1 saturated carbocycles. The first-order valence-corrected chi connectivity index (χ1v) is 7.64. The highest BCUT2D eigenvalue weighted by Crippen LogP contribution is 2.28. The van der Waals surface area contributed by atoms with Gasteiger partial charge in [0.05, 0.1) is 17.4 Å². The molecule has 0 bridgehead atoms. The summed E-state index contributed by atoms with van der Waals surface area (Å²) in [5.41, 5.74) is 0. The van der Waals surface area contributed by atoms with E-state index in [2.05, 4.69) is 20.2 Å². The zero-order valence-corrected chi connectivity index (χ0v) is 11.9. The summed E-state index contributed by atoms with van der Waals surface area (Å²) in [7, 11) is 0. The Kier molecular flexibility index (Phi) is 4.18. The molecule has 2 heterocycles. The lowest BCUT2D eigenvalue weighted by Crippen LogP contribution is -2.31. The number of anilines is 1. The van der Waals surface area contributed by atoms with Crippen molar-refractivity contribution in [2.24, 2.45) is 5.92 Å². The fourth-order valence-electron chi connectivity index (χ4n) is 3.27. The fourth-order valence-corrected chi connectivity index (χ4v) is 3.37. The number of hydrogen-bond donors (Lipinski definition) is 1. The smallest absolute Gasteiger partial charge is 0.222 e. The Morgan fingerprint density at radius 3 is 2.68 bits per heavy atom. The van der Waals surface area contributed by atoms with Crippen molar-refractivity contribution in [2.45, 2.75) is 38.1 Å². The maximum atomic E-state index is 5.77. The Balaban J connectivity index is 1.45. The first-order chi connectivity index (χ1) is 9.31. The maximum Gasteiger partial charge on any atom is 0.222 e. The zero-order chi connectivity index (χ0) is 13.1. The average molecular weight is 281 g/mol. The molecule has 1 N–H and O–H groups in total. The molecule has 1 aliphatic carbocycles. The van der Waals surface area contributed by atoms with E-state index in [-0.39, 0.29) is 0 Å². The van der Waals surface area contributed by atoms with E-state index in [1.54, 1.807) is 12.4 Å². The minimum atomic E-state index is 0.582. The van der Waals surface area contributed by atoms with Gasteiger partial charge in [-0.3, -0.25) is 0 Å². The van der Waals surface area contributed by atoms with Crippen molar-refractivity contribution < 1.29 is 0 Å². The van der Waals surface area contributed by atoms with Crippen LogP contribution in [0.5, 0.6) is 0 Å². The van der Waals surface area contributed by atoms with Crippen molar-refractivity contribution in [2.75, 3.05) is 25.0 Å². The van der Waals surface area contributed by atoms with E-state index < -0.39 is 0 Å². The van der Waals surface area contributed by atoms with Crippen LogP contribution in [-0.2, 0) is 0 Å². The average Bonchev–Trinajstić information content (AvgIpc) is 3.09. The molecule has 104 valence electrons. The molecule has 4 nitrogen and oxygen atoms in total. The first kappa shape index (κ1) is 13.1. The summed E-state index contributed by atoms with van der Waals surface area (Å²) in [4.78, 5) is 11.0. The van der Waals surface area contributed by atoms with Crippen LogP contribution in [0, 0.1) is 5.92 Å². The molecule has 1 atom stereocenters. The molecule has 0 radical (unpaired) electrons. The number of rotatable bonds is 4. The van der Waals surface area contributed by atoms with E-state index in [0.29, 0.717) is 11.0 Å². The SMILES string of the molecule is Clc1cnc(NC[C@H]2CCN(C3CCCC3)C2)nc1. The van der Waals surface area contributed by atoms with E-state index in [9.17, 15) is 0 Å². The fraction of sp³-hybridized carbons (Fsp3) is 0.714. The Labute approximate surface area is 119 Å². The molecule has 5 heteroatoms. The molecule has 0 amide bonds. The Morgan fingerprint density at radius 1 is 1.21 bits per heavy atom. The predicted octanol–water partition coefficient (Wildman–Crippen LogP) is 2.81. The topological polar surface area (TPSA) is 41.1 Å². The lowest BCUT2D eigenvalue weighted by atomic mass is 10.1. The first-order valence-electron chi connectivity index (χ1n) is 7.27. The van der Waals surface area contributed by atoms with Crippen LogP contribution < -0.4 is 5.32 Å². The molecule has 2 fully saturated rings. The van der Waals surface area contributed by atoms with Crippen LogP contribution >= 0.6 is 11.6 Å². The van der Waals surface area contributed by atoms with E-state index in [4.69, 9.17) is 11.6 Å². The number of nitrogens with one attached hydrogen (secondary N) is 1. The van der Waals surface area contributed by atoms with E-state index in [1.165, 1.54) is 45.2 Å². The van der Waals surface area contributed by atoms with Crippen molar-refractivity contribution in [1.29, 1.82) is 0 Å². The number of halogens is 1. The van der Waals surface area contributed by atoms with Crippen molar-refractivity contribution in [3.05, 3.63) is 17.4 Å². The molecule has 3 rings (SSSR count). The molecule has 1 saturated heterocycles. The van der Waals surface area contributed by atoms with Gasteiger partial charge in [-0.15, -0.1) is 0 Å². The highest BCUT2D eigenvalue weighted by Gasteiger charge is 2.29. The van der Waals surface area contributed by atoms with Crippen LogP contribution in [0.2, 0.25) is 5.02 Å². The summed E-state index contributed by atoms with van der Waals surface area (Å²) in [5.74, 6) is 1.41. The van der Waals surface area contributed by atoms with Gasteiger partial charge in [0.2, 0.25) is 5.95 Å². The maximum absolute atomic E-state index is 5.77. The zero-order valence-electron chi connectivity index (χ0n) is 11.2. The van der Waals surface area contributed by atoms with Crippen molar-refractivity contribution in [1.82, 2.24) is 14.9 Å². The molecule has 0 aromatic carbocycles. The minimum Gasteiger partial charge on any atom is -0.354 e. The summed E-state index contributed by atoms with van der Waals surface area (Å²) < 4.78 is 0. The van der Waals surface area contributed by atoms with Gasteiger partial charge in [0.1, 0.15) is 0 Å². The van der Waals surface area contributed by atoms with Crippen molar-refractivity contribution >= 4 is 17.5 Å². The van der Waals surface area contributed by atoms with Gasteiger partial charge in [0.25, 0.3) is 0 Å². The highest BCUT2D eigenvalue weighted by molar-refractivity contribution is 6.30. The quantitative estimate of drug-likeness (QED) is 0.921. The summed E-state index contributed by atoms with van der Waals surface area (Å²) in [6.45, 7) is 3.45. The number of likely N-dealkylation sites (tertiary alicyclic amines) is 1. The third-order valence-electron chi connectivity index (χ3n) is 4.33. The largest absolute Gasteiger partial charge is 0.354 e. The lowest BCUT2D eigenvalue weighted by Gasteiger charge is -2.23. The van der Waals surface area contributed by atoms with Gasteiger partial charge < -0.3 is 10.2 Å². The monoisotopic (exact) mass is 280 g/mol. The summed E-state index contributed by atoms with van der Waals surface area (Å²) in [6.07, 6.45) is 10.2. The molecular formula is C14H21ClN4. The van der Waals surface area contributed by atoms with E-state index in [0.717, 1.165) is 18.5 Å². The molecule has 0 unspecified atom stereocenters. The molecular weight excluding hydrogens is 260 g/mol. The molecule has 19 heavy (non-hydrogen) atoms. The Bertz CT molecular complexity index is 402. The standard InChI is InChI=1S/C14H21ClN4/c15-12-8-17-14(18-9-12)16-7-11-5-6-19(10-11)13-3-1-2-4-13/h8-9,11,13H,1-7,10H2,(H,16,17,18)/t11-/m1/s1. The molecule has 0 spiro atoms. The molecule has 1 aliphatic heterocycles. The number of hydrogen-bond acceptors (Lipinski definition) is 4. The van der Waals surface area contributed by atoms with Gasteiger partial charge in [-0.2, -0.15) is 0 Å². The van der Waals surface area contributed by atoms with Crippen molar-refractivity contribution in [3.8, 4) is 0 Å².